The second-order valence-corrected chi connectivity index (χ2v) is 7.55. The summed E-state index contributed by atoms with van der Waals surface area (Å²) in [6, 6.07) is 0. The number of nitrogens with two attached hydrogens (primary N) is 1. The van der Waals surface area contributed by atoms with Gasteiger partial charge in [-0.3, -0.25) is 5.41 Å². The van der Waals surface area contributed by atoms with Crippen LogP contribution in [0.3, 0.4) is 0 Å². The summed E-state index contributed by atoms with van der Waals surface area (Å²) in [5, 5.41) is 13.4. The molecule has 19 heteroatoms. The normalized spacial score (nSPS) is 15.3. The lowest BCUT2D eigenvalue weighted by Gasteiger charge is -2.17. The van der Waals surface area contributed by atoms with E-state index >= 15 is 0 Å². The molecule has 0 fully saturated rings. The van der Waals surface area contributed by atoms with Crippen molar-refractivity contribution in [3.05, 3.63) is 10.1 Å². The summed E-state index contributed by atoms with van der Waals surface area (Å²) < 4.78 is 53.5. The second-order valence-electron chi connectivity index (χ2n) is 2.50. The Morgan fingerprint density at radius 1 is 1.45 bits per heavy atom. The summed E-state index contributed by atoms with van der Waals surface area (Å²) in [6.07, 6.45) is 0. The highest BCUT2D eigenvalue weighted by atomic mass is 32.2. The Hall–Kier alpha value is -0.770. The third-order valence-corrected chi connectivity index (χ3v) is 5.18. The number of phosphoric acid groups is 2. The lowest BCUT2D eigenvalue weighted by atomic mass is 11.4. The smallest absolute Gasteiger partial charge is 0.373 e. The van der Waals surface area contributed by atoms with Crippen molar-refractivity contribution in [3.8, 4) is 0 Å². The van der Waals surface area contributed by atoms with Crippen molar-refractivity contribution in [3.63, 3.8) is 0 Å². The molecule has 20 heavy (non-hydrogen) atoms. The number of hydrogen-bond acceptors (Lipinski definition) is 11. The maximum atomic E-state index is 11.4. The minimum absolute atomic E-state index is 1.33. The molecule has 0 radical (unpaired) electrons. The molecule has 0 amide bonds. The molecule has 1 atom stereocenters. The van der Waals surface area contributed by atoms with Gasteiger partial charge in [-0.25, -0.2) is 23.2 Å². The molecule has 118 valence electrons. The van der Waals surface area contributed by atoms with E-state index in [0.717, 1.165) is 0 Å². The van der Waals surface area contributed by atoms with E-state index in [2.05, 4.69) is 31.5 Å². The summed E-state index contributed by atoms with van der Waals surface area (Å²) in [7, 11) is -16.5. The molecule has 0 rings (SSSR count). The van der Waals surface area contributed by atoms with Crippen molar-refractivity contribution < 1.29 is 45.3 Å². The number of nitrogens with zero attached hydrogens (tertiary/aromatic N) is 2. The molecule has 0 spiro atoms. The van der Waals surface area contributed by atoms with E-state index in [1.807, 2.05) is 0 Å². The lowest BCUT2D eigenvalue weighted by Crippen LogP contribution is -2.42. The molecule has 1 unspecified atom stereocenters. The van der Waals surface area contributed by atoms with E-state index in [9.17, 15) is 27.7 Å². The number of nitrogens with one attached hydrogen (secondary N) is 1. The van der Waals surface area contributed by atoms with Crippen molar-refractivity contribution in [2.45, 2.75) is 0 Å². The minimum atomic E-state index is -5.56. The van der Waals surface area contributed by atoms with Gasteiger partial charge < -0.3 is 15.5 Å². The molecule has 0 aromatic rings. The molecule has 0 aliphatic carbocycles. The average molecular weight is 376 g/mol. The number of hydrogen-bond donors (Lipinski definition) is 5. The maximum absolute atomic E-state index is 11.4. The van der Waals surface area contributed by atoms with Crippen molar-refractivity contribution in [1.82, 2.24) is 4.58 Å². The highest BCUT2D eigenvalue weighted by Gasteiger charge is 2.47. The van der Waals surface area contributed by atoms with Gasteiger partial charge in [0, 0.05) is 0 Å². The number of amidine groups is 1. The summed E-state index contributed by atoms with van der Waals surface area (Å²) in [6.45, 7) is 0. The largest absolute Gasteiger partial charge is 0.521 e. The van der Waals surface area contributed by atoms with Gasteiger partial charge in [-0.15, -0.1) is 0 Å². The van der Waals surface area contributed by atoms with Gasteiger partial charge in [-0.1, -0.05) is 4.62 Å². The van der Waals surface area contributed by atoms with Gasteiger partial charge in [0.05, 0.1) is 0 Å². The van der Waals surface area contributed by atoms with Gasteiger partial charge in [-0.05, 0) is 12.9 Å². The predicted molar refractivity (Wildman–Crippen MR) is 61.6 cm³/mol. The van der Waals surface area contributed by atoms with Gasteiger partial charge in [0.2, 0.25) is 10.2 Å². The Morgan fingerprint density at radius 2 is 1.90 bits per heavy atom. The first-order valence-electron chi connectivity index (χ1n) is 3.68. The molecule has 0 aliphatic heterocycles. The maximum Gasteiger partial charge on any atom is 0.521 e. The van der Waals surface area contributed by atoms with Crippen molar-refractivity contribution in [1.29, 1.82) is 5.41 Å². The minimum Gasteiger partial charge on any atom is -0.373 e. The molecular formula is CH6N4O11P2S2. The van der Waals surface area contributed by atoms with E-state index in [1.54, 1.807) is 0 Å². The third kappa shape index (κ3) is 5.31. The van der Waals surface area contributed by atoms with Crippen LogP contribution in [-0.2, 0) is 32.1 Å². The van der Waals surface area contributed by atoms with Crippen LogP contribution in [0.15, 0.2) is 0 Å². The van der Waals surface area contributed by atoms with Gasteiger partial charge in [0.25, 0.3) is 0 Å². The number of sulfonamides is 1. The Morgan fingerprint density at radius 3 is 2.15 bits per heavy atom. The van der Waals surface area contributed by atoms with E-state index in [4.69, 9.17) is 15.2 Å². The predicted octanol–water partition coefficient (Wildman–Crippen LogP) is -1.29. The van der Waals surface area contributed by atoms with E-state index in [0.29, 0.717) is 0 Å². The van der Waals surface area contributed by atoms with Gasteiger partial charge in [-0.2, -0.15) is 12.7 Å². The third-order valence-electron chi connectivity index (χ3n) is 1.09. The van der Waals surface area contributed by atoms with Crippen LogP contribution >= 0.6 is 28.6 Å². The quantitative estimate of drug-likeness (QED) is 0.0664. The van der Waals surface area contributed by atoms with Crippen molar-refractivity contribution >= 4 is 43.7 Å². The summed E-state index contributed by atoms with van der Waals surface area (Å²) in [5.41, 5.74) is 4.52. The van der Waals surface area contributed by atoms with Gasteiger partial charge in [0.1, 0.15) is 4.58 Å². The number of rotatable bonds is 7. The second kappa shape index (κ2) is 6.33. The highest BCUT2D eigenvalue weighted by molar-refractivity contribution is 8.03. The number of thiol groups is 1. The zero-order chi connectivity index (χ0) is 16.4. The number of hydrazine groups is 1. The molecule has 0 aromatic carbocycles. The van der Waals surface area contributed by atoms with E-state index in [-0.39, 0.29) is 0 Å². The van der Waals surface area contributed by atoms with Crippen LogP contribution in [-0.4, -0.2) is 33.0 Å². The zero-order valence-corrected chi connectivity index (χ0v) is 12.3. The highest BCUT2D eigenvalue weighted by Crippen LogP contribution is 2.62. The van der Waals surface area contributed by atoms with Crippen LogP contribution in [0.1, 0.15) is 0 Å². The molecule has 0 saturated carbocycles. The van der Waals surface area contributed by atoms with Crippen LogP contribution in [0.4, 0.5) is 0 Å². The summed E-state index contributed by atoms with van der Waals surface area (Å²) >= 11 is 2.82. The Balaban J connectivity index is 5.59. The Kier molecular flexibility index (Phi) is 6.09. The first-order valence-corrected chi connectivity index (χ1v) is 8.48. The fourth-order valence-electron chi connectivity index (χ4n) is 0.506. The molecule has 0 saturated heterocycles. The molecule has 0 aliphatic rings. The molecule has 0 aromatic heterocycles. The Labute approximate surface area is 115 Å². The van der Waals surface area contributed by atoms with E-state index in [1.165, 1.54) is 0 Å². The lowest BCUT2D eigenvalue weighted by molar-refractivity contribution is -0.680. The molecule has 0 heterocycles. The van der Waals surface area contributed by atoms with Crippen molar-refractivity contribution in [2.24, 2.45) is 5.73 Å². The van der Waals surface area contributed by atoms with Crippen molar-refractivity contribution in [2.75, 3.05) is 0 Å². The summed E-state index contributed by atoms with van der Waals surface area (Å²) in [5.74, 6) is 0. The van der Waals surface area contributed by atoms with Crippen LogP contribution in [0.2, 0.25) is 0 Å². The van der Waals surface area contributed by atoms with Crippen LogP contribution < -0.4 is 5.73 Å². The topological polar surface area (TPSA) is 233 Å². The van der Waals surface area contributed by atoms with Crippen LogP contribution in [0.5, 0.6) is 0 Å². The van der Waals surface area contributed by atoms with Gasteiger partial charge in [0.15, 0.2) is 0 Å². The summed E-state index contributed by atoms with van der Waals surface area (Å²) in [4.78, 5) is 27.2. The SMILES string of the molecule is N=C(N)S(=O)(=O)N(OP(=O)(OS)OP(=O)(O)O)[N+](=O)[O-]. The average Bonchev–Trinajstić information content (AvgIpc) is 2.22. The fraction of sp³-hybridized carbons (Fsp3) is 0. The molecule has 0 bridgehead atoms. The fourth-order valence-corrected chi connectivity index (χ4v) is 3.34. The molecule has 15 nitrogen and oxygen atoms in total. The first kappa shape index (κ1) is 19.2. The Bertz CT molecular complexity index is 592. The number of nitro groups is 1. The standard InChI is InChI=1S/CH6N4O11P2S2/c2-1(3)20(12,13)5(4(6)7)14-18(11,16-19)15-17(8,9)10/h19H,(H3,2,3)(H2,8,9,10). The van der Waals surface area contributed by atoms with E-state index < -0.39 is 40.4 Å². The van der Waals surface area contributed by atoms with Crippen LogP contribution in [0.25, 0.3) is 0 Å². The van der Waals surface area contributed by atoms with Crippen LogP contribution in [0, 0.1) is 15.5 Å². The monoisotopic (exact) mass is 376 g/mol. The first-order chi connectivity index (χ1) is 8.75. The zero-order valence-electron chi connectivity index (χ0n) is 8.79. The van der Waals surface area contributed by atoms with Gasteiger partial charge >= 0.3 is 25.7 Å². The molecule has 5 N–H and O–H groups in total. The molecular weight excluding hydrogens is 370 g/mol.